The Morgan fingerprint density at radius 1 is 1.56 bits per heavy atom. The van der Waals surface area contributed by atoms with Crippen molar-refractivity contribution in [1.82, 2.24) is 0 Å². The third-order valence-electron chi connectivity index (χ3n) is 2.75. The van der Waals surface area contributed by atoms with Gasteiger partial charge in [-0.2, -0.15) is 11.8 Å². The van der Waals surface area contributed by atoms with Crippen LogP contribution in [-0.4, -0.2) is 17.4 Å². The van der Waals surface area contributed by atoms with Gasteiger partial charge in [-0.1, -0.05) is 12.1 Å². The SMILES string of the molecule is Cc1cccc(NC(=O)C2CCSC2)c1Br. The molecule has 4 heteroatoms. The van der Waals surface area contributed by atoms with Crippen molar-refractivity contribution in [2.24, 2.45) is 5.92 Å². The molecule has 1 aromatic carbocycles. The zero-order valence-corrected chi connectivity index (χ0v) is 11.5. The molecule has 0 saturated carbocycles. The van der Waals surface area contributed by atoms with Crippen molar-refractivity contribution in [3.63, 3.8) is 0 Å². The van der Waals surface area contributed by atoms with E-state index in [4.69, 9.17) is 0 Å². The lowest BCUT2D eigenvalue weighted by atomic mass is 10.1. The molecule has 1 aliphatic rings. The molecule has 86 valence electrons. The van der Waals surface area contributed by atoms with Gasteiger partial charge in [0.1, 0.15) is 0 Å². The Bertz CT molecular complexity index is 402. The predicted molar refractivity (Wildman–Crippen MR) is 72.9 cm³/mol. The maximum absolute atomic E-state index is 11.9. The van der Waals surface area contributed by atoms with Crippen LogP contribution in [0.15, 0.2) is 22.7 Å². The second-order valence-electron chi connectivity index (χ2n) is 3.99. The van der Waals surface area contributed by atoms with Gasteiger partial charge in [-0.05, 0) is 46.7 Å². The molecule has 0 radical (unpaired) electrons. The third kappa shape index (κ3) is 2.61. The molecule has 1 amide bonds. The van der Waals surface area contributed by atoms with E-state index in [0.29, 0.717) is 0 Å². The fourth-order valence-electron chi connectivity index (χ4n) is 1.72. The van der Waals surface area contributed by atoms with Gasteiger partial charge in [0, 0.05) is 16.1 Å². The lowest BCUT2D eigenvalue weighted by Gasteiger charge is -2.12. The smallest absolute Gasteiger partial charge is 0.228 e. The number of nitrogens with one attached hydrogen (secondary N) is 1. The van der Waals surface area contributed by atoms with Crippen molar-refractivity contribution in [1.29, 1.82) is 0 Å². The molecule has 2 rings (SSSR count). The first-order valence-electron chi connectivity index (χ1n) is 5.32. The highest BCUT2D eigenvalue weighted by Gasteiger charge is 2.23. The van der Waals surface area contributed by atoms with Crippen molar-refractivity contribution in [2.75, 3.05) is 16.8 Å². The fourth-order valence-corrected chi connectivity index (χ4v) is 3.30. The van der Waals surface area contributed by atoms with Crippen molar-refractivity contribution in [3.8, 4) is 0 Å². The summed E-state index contributed by atoms with van der Waals surface area (Å²) in [5, 5.41) is 2.99. The number of rotatable bonds is 2. The number of anilines is 1. The summed E-state index contributed by atoms with van der Waals surface area (Å²) < 4.78 is 0.981. The maximum atomic E-state index is 11.9. The van der Waals surface area contributed by atoms with Crippen molar-refractivity contribution >= 4 is 39.3 Å². The van der Waals surface area contributed by atoms with Gasteiger partial charge in [0.25, 0.3) is 0 Å². The molecule has 1 unspecified atom stereocenters. The van der Waals surface area contributed by atoms with Gasteiger partial charge >= 0.3 is 0 Å². The molecular weight excluding hydrogens is 286 g/mol. The van der Waals surface area contributed by atoms with E-state index in [1.165, 1.54) is 0 Å². The summed E-state index contributed by atoms with van der Waals surface area (Å²) in [5.41, 5.74) is 2.01. The van der Waals surface area contributed by atoms with Crippen LogP contribution >= 0.6 is 27.7 Å². The van der Waals surface area contributed by atoms with E-state index in [9.17, 15) is 4.79 Å². The number of hydrogen-bond donors (Lipinski definition) is 1. The highest BCUT2D eigenvalue weighted by molar-refractivity contribution is 9.10. The molecule has 1 atom stereocenters. The summed E-state index contributed by atoms with van der Waals surface area (Å²) in [6.45, 7) is 2.02. The summed E-state index contributed by atoms with van der Waals surface area (Å²) in [6.07, 6.45) is 1.000. The number of thioether (sulfide) groups is 1. The second-order valence-corrected chi connectivity index (χ2v) is 5.93. The zero-order chi connectivity index (χ0) is 11.5. The number of hydrogen-bond acceptors (Lipinski definition) is 2. The number of carbonyl (C=O) groups is 1. The number of carbonyl (C=O) groups excluding carboxylic acids is 1. The highest BCUT2D eigenvalue weighted by Crippen LogP contribution is 2.28. The average molecular weight is 300 g/mol. The van der Waals surface area contributed by atoms with Crippen molar-refractivity contribution < 1.29 is 4.79 Å². The standard InChI is InChI=1S/C12H14BrNOS/c1-8-3-2-4-10(11(8)13)14-12(15)9-5-6-16-7-9/h2-4,9H,5-7H2,1H3,(H,14,15). The molecule has 1 aliphatic heterocycles. The number of amides is 1. The molecule has 1 N–H and O–H groups in total. The molecular formula is C12H14BrNOS. The molecule has 2 nitrogen and oxygen atoms in total. The summed E-state index contributed by atoms with van der Waals surface area (Å²) >= 11 is 5.35. The van der Waals surface area contributed by atoms with Crippen molar-refractivity contribution in [2.45, 2.75) is 13.3 Å². The molecule has 0 spiro atoms. The van der Waals surface area contributed by atoms with E-state index in [1.54, 1.807) is 0 Å². The van der Waals surface area contributed by atoms with E-state index in [1.807, 2.05) is 36.9 Å². The first-order chi connectivity index (χ1) is 7.68. The minimum absolute atomic E-state index is 0.149. The fraction of sp³-hybridized carbons (Fsp3) is 0.417. The zero-order valence-electron chi connectivity index (χ0n) is 9.13. The lowest BCUT2D eigenvalue weighted by Crippen LogP contribution is -2.22. The summed E-state index contributed by atoms with van der Waals surface area (Å²) in [7, 11) is 0. The minimum atomic E-state index is 0.149. The van der Waals surface area contributed by atoms with Crippen LogP contribution in [0.2, 0.25) is 0 Å². The molecule has 1 heterocycles. The van der Waals surface area contributed by atoms with Crippen LogP contribution in [0.5, 0.6) is 0 Å². The molecule has 0 aliphatic carbocycles. The van der Waals surface area contributed by atoms with E-state index >= 15 is 0 Å². The Balaban J connectivity index is 2.08. The first kappa shape index (κ1) is 12.0. The van der Waals surface area contributed by atoms with Gasteiger partial charge in [-0.25, -0.2) is 0 Å². The van der Waals surface area contributed by atoms with Crippen LogP contribution < -0.4 is 5.32 Å². The van der Waals surface area contributed by atoms with E-state index < -0.39 is 0 Å². The summed E-state index contributed by atoms with van der Waals surface area (Å²) in [5.74, 6) is 2.39. The monoisotopic (exact) mass is 299 g/mol. The average Bonchev–Trinajstić information content (AvgIpc) is 2.78. The normalized spacial score (nSPS) is 19.8. The number of halogens is 1. The molecule has 1 saturated heterocycles. The molecule has 0 aromatic heterocycles. The maximum Gasteiger partial charge on any atom is 0.228 e. The van der Waals surface area contributed by atoms with Crippen LogP contribution in [-0.2, 0) is 4.79 Å². The van der Waals surface area contributed by atoms with Crippen LogP contribution in [0.4, 0.5) is 5.69 Å². The van der Waals surface area contributed by atoms with E-state index in [2.05, 4.69) is 21.2 Å². The summed E-state index contributed by atoms with van der Waals surface area (Å²) in [4.78, 5) is 11.9. The van der Waals surface area contributed by atoms with E-state index in [0.717, 1.165) is 33.7 Å². The molecule has 1 fully saturated rings. The van der Waals surface area contributed by atoms with Crippen molar-refractivity contribution in [3.05, 3.63) is 28.2 Å². The van der Waals surface area contributed by atoms with Crippen LogP contribution in [0.1, 0.15) is 12.0 Å². The number of aryl methyl sites for hydroxylation is 1. The lowest BCUT2D eigenvalue weighted by molar-refractivity contribution is -0.119. The second kappa shape index (κ2) is 5.23. The van der Waals surface area contributed by atoms with Gasteiger partial charge in [-0.3, -0.25) is 4.79 Å². The molecule has 1 aromatic rings. The Hall–Kier alpha value is -0.480. The Labute approximate surface area is 108 Å². The topological polar surface area (TPSA) is 29.1 Å². The Morgan fingerprint density at radius 2 is 2.38 bits per heavy atom. The van der Waals surface area contributed by atoms with Crippen LogP contribution in [0.3, 0.4) is 0 Å². The van der Waals surface area contributed by atoms with E-state index in [-0.39, 0.29) is 11.8 Å². The van der Waals surface area contributed by atoms with Gasteiger partial charge in [0.05, 0.1) is 5.69 Å². The number of benzene rings is 1. The Morgan fingerprint density at radius 3 is 3.06 bits per heavy atom. The van der Waals surface area contributed by atoms with Crippen LogP contribution in [0, 0.1) is 12.8 Å². The molecule has 0 bridgehead atoms. The van der Waals surface area contributed by atoms with Gasteiger partial charge in [0.2, 0.25) is 5.91 Å². The van der Waals surface area contributed by atoms with Gasteiger partial charge in [-0.15, -0.1) is 0 Å². The van der Waals surface area contributed by atoms with Gasteiger partial charge in [0.15, 0.2) is 0 Å². The van der Waals surface area contributed by atoms with Gasteiger partial charge < -0.3 is 5.32 Å². The predicted octanol–water partition coefficient (Wildman–Crippen LogP) is 3.45. The highest BCUT2D eigenvalue weighted by atomic mass is 79.9. The quantitative estimate of drug-likeness (QED) is 0.906. The first-order valence-corrected chi connectivity index (χ1v) is 7.27. The Kier molecular flexibility index (Phi) is 3.92. The third-order valence-corrected chi connectivity index (χ3v) is 4.97. The largest absolute Gasteiger partial charge is 0.325 e. The molecule has 16 heavy (non-hydrogen) atoms. The summed E-state index contributed by atoms with van der Waals surface area (Å²) in [6, 6.07) is 5.90. The van der Waals surface area contributed by atoms with Crippen LogP contribution in [0.25, 0.3) is 0 Å². The minimum Gasteiger partial charge on any atom is -0.325 e.